The van der Waals surface area contributed by atoms with Gasteiger partial charge in [0.15, 0.2) is 10.8 Å². The number of fused-ring (bicyclic) bond motifs is 1. The Morgan fingerprint density at radius 3 is 2.87 bits per heavy atom. The van der Waals surface area contributed by atoms with E-state index in [1.54, 1.807) is 11.7 Å². The molecule has 0 atom stereocenters. The highest BCUT2D eigenvalue weighted by atomic mass is 32.1. The first-order valence-electron chi connectivity index (χ1n) is 7.06. The Kier molecular flexibility index (Phi) is 3.95. The second kappa shape index (κ2) is 5.92. The minimum absolute atomic E-state index is 0.172. The lowest BCUT2D eigenvalue weighted by atomic mass is 10.3. The van der Waals surface area contributed by atoms with Crippen LogP contribution in [0.25, 0.3) is 11.0 Å². The number of carbonyl (C=O) groups is 1. The first kappa shape index (κ1) is 15.3. The van der Waals surface area contributed by atoms with Crippen LogP contribution in [0.5, 0.6) is 0 Å². The van der Waals surface area contributed by atoms with Crippen molar-refractivity contribution in [3.8, 4) is 0 Å². The Balaban J connectivity index is 1.69. The number of carbonyl (C=O) groups excluding carboxylic acids is 1. The zero-order valence-corrected chi connectivity index (χ0v) is 13.8. The summed E-state index contributed by atoms with van der Waals surface area (Å²) in [5.74, 6) is -0.183. The highest BCUT2D eigenvalue weighted by molar-refractivity contribution is 7.15. The normalized spacial score (nSPS) is 11.1. The van der Waals surface area contributed by atoms with Gasteiger partial charge in [0.1, 0.15) is 5.39 Å². The smallest absolute Gasteiger partial charge is 0.264 e. The first-order chi connectivity index (χ1) is 11.0. The number of hydrogen-bond acceptors (Lipinski definition) is 6. The molecule has 23 heavy (non-hydrogen) atoms. The van der Waals surface area contributed by atoms with E-state index in [1.807, 2.05) is 13.8 Å². The summed E-state index contributed by atoms with van der Waals surface area (Å²) in [7, 11) is 1.73. The molecule has 0 aromatic carbocycles. The number of nitrogens with one attached hydrogen (secondary N) is 1. The fraction of sp³-hybridized carbons (Fsp3) is 0.357. The Morgan fingerprint density at radius 1 is 1.39 bits per heavy atom. The van der Waals surface area contributed by atoms with E-state index in [0.29, 0.717) is 16.2 Å². The van der Waals surface area contributed by atoms with E-state index in [4.69, 9.17) is 0 Å². The lowest BCUT2D eigenvalue weighted by molar-refractivity contribution is -0.116. The average Bonchev–Trinajstić information content (AvgIpc) is 3.02. The van der Waals surface area contributed by atoms with Crippen LogP contribution >= 0.6 is 11.3 Å². The molecular formula is C14H16N6O2S. The van der Waals surface area contributed by atoms with Gasteiger partial charge in [0, 0.05) is 24.9 Å². The van der Waals surface area contributed by atoms with Crippen molar-refractivity contribution in [2.45, 2.75) is 26.8 Å². The molecule has 3 rings (SSSR count). The summed E-state index contributed by atoms with van der Waals surface area (Å²) in [6, 6.07) is 0. The van der Waals surface area contributed by atoms with Crippen molar-refractivity contribution >= 4 is 33.4 Å². The topological polar surface area (TPSA) is 94.7 Å². The van der Waals surface area contributed by atoms with Gasteiger partial charge < -0.3 is 5.32 Å². The van der Waals surface area contributed by atoms with Crippen molar-refractivity contribution in [3.63, 3.8) is 0 Å². The minimum Gasteiger partial charge on any atom is -0.302 e. The Hall–Kier alpha value is -2.55. The molecule has 3 aromatic rings. The van der Waals surface area contributed by atoms with Gasteiger partial charge in [-0.05, 0) is 13.8 Å². The summed E-state index contributed by atoms with van der Waals surface area (Å²) in [5.41, 5.74) is 1.24. The van der Waals surface area contributed by atoms with Crippen LogP contribution in [0.15, 0.2) is 17.3 Å². The zero-order valence-electron chi connectivity index (χ0n) is 13.0. The maximum Gasteiger partial charge on any atom is 0.264 e. The summed E-state index contributed by atoms with van der Waals surface area (Å²) < 4.78 is 2.96. The van der Waals surface area contributed by atoms with Crippen molar-refractivity contribution in [2.75, 3.05) is 5.32 Å². The number of hydrogen-bond donors (Lipinski definition) is 1. The molecule has 120 valence electrons. The number of anilines is 1. The third-order valence-electron chi connectivity index (χ3n) is 3.57. The van der Waals surface area contributed by atoms with Gasteiger partial charge in [-0.3, -0.25) is 18.8 Å². The predicted octanol–water partition coefficient (Wildman–Crippen LogP) is 1.23. The Labute approximate surface area is 135 Å². The summed E-state index contributed by atoms with van der Waals surface area (Å²) in [6.07, 6.45) is 3.10. The van der Waals surface area contributed by atoms with Crippen molar-refractivity contribution in [2.24, 2.45) is 7.05 Å². The van der Waals surface area contributed by atoms with E-state index < -0.39 is 0 Å². The van der Waals surface area contributed by atoms with Crippen LogP contribution in [0.4, 0.5) is 5.13 Å². The molecule has 9 heteroatoms. The molecule has 0 bridgehead atoms. The van der Waals surface area contributed by atoms with E-state index in [0.717, 1.165) is 10.6 Å². The predicted molar refractivity (Wildman–Crippen MR) is 87.6 cm³/mol. The zero-order chi connectivity index (χ0) is 16.6. The lowest BCUT2D eigenvalue weighted by Gasteiger charge is -2.05. The largest absolute Gasteiger partial charge is 0.302 e. The van der Waals surface area contributed by atoms with Gasteiger partial charge >= 0.3 is 0 Å². The number of aromatic nitrogens is 5. The molecule has 8 nitrogen and oxygen atoms in total. The van der Waals surface area contributed by atoms with Crippen molar-refractivity contribution in [3.05, 3.63) is 33.4 Å². The highest BCUT2D eigenvalue weighted by Crippen LogP contribution is 2.21. The van der Waals surface area contributed by atoms with Crippen molar-refractivity contribution < 1.29 is 4.79 Å². The molecule has 0 radical (unpaired) electrons. The number of rotatable bonds is 4. The van der Waals surface area contributed by atoms with E-state index in [1.165, 1.54) is 28.4 Å². The SMILES string of the molecule is Cc1nc(NC(=O)CCn2cnc3c(cnn3C)c2=O)sc1C. The standard InChI is InChI=1S/C14H16N6O2S/c1-8-9(2)23-14(17-8)18-11(21)4-5-20-7-15-12-10(13(20)22)6-16-19(12)3/h6-7H,4-5H2,1-3H3,(H,17,18,21). The Morgan fingerprint density at radius 2 is 2.17 bits per heavy atom. The summed E-state index contributed by atoms with van der Waals surface area (Å²) in [6.45, 7) is 4.11. The van der Waals surface area contributed by atoms with Crippen LogP contribution in [0.1, 0.15) is 17.0 Å². The van der Waals surface area contributed by atoms with Gasteiger partial charge in [0.05, 0.1) is 18.2 Å². The van der Waals surface area contributed by atoms with Gasteiger partial charge in [-0.2, -0.15) is 5.10 Å². The van der Waals surface area contributed by atoms with Crippen molar-refractivity contribution in [1.29, 1.82) is 0 Å². The van der Waals surface area contributed by atoms with Crippen LogP contribution in [-0.2, 0) is 18.4 Å². The highest BCUT2D eigenvalue weighted by Gasteiger charge is 2.11. The van der Waals surface area contributed by atoms with Crippen LogP contribution in [0.3, 0.4) is 0 Å². The van der Waals surface area contributed by atoms with E-state index in [2.05, 4.69) is 20.4 Å². The molecule has 3 heterocycles. The van der Waals surface area contributed by atoms with Gasteiger partial charge in [-0.15, -0.1) is 11.3 Å². The third-order valence-corrected chi connectivity index (χ3v) is 4.56. The summed E-state index contributed by atoms with van der Waals surface area (Å²) >= 11 is 1.44. The minimum atomic E-state index is -0.197. The van der Waals surface area contributed by atoms with E-state index >= 15 is 0 Å². The fourth-order valence-electron chi connectivity index (χ4n) is 2.16. The molecule has 1 N–H and O–H groups in total. The van der Waals surface area contributed by atoms with Crippen LogP contribution in [0.2, 0.25) is 0 Å². The maximum atomic E-state index is 12.3. The monoisotopic (exact) mass is 332 g/mol. The van der Waals surface area contributed by atoms with Gasteiger partial charge in [0.2, 0.25) is 5.91 Å². The molecule has 0 unspecified atom stereocenters. The van der Waals surface area contributed by atoms with Gasteiger partial charge in [-0.25, -0.2) is 9.97 Å². The van der Waals surface area contributed by atoms with Gasteiger partial charge in [-0.1, -0.05) is 0 Å². The third kappa shape index (κ3) is 3.00. The Bertz CT molecular complexity index is 919. The average molecular weight is 332 g/mol. The number of aryl methyl sites for hydroxylation is 4. The number of amides is 1. The summed E-state index contributed by atoms with van der Waals surface area (Å²) in [4.78, 5) is 33.8. The maximum absolute atomic E-state index is 12.3. The van der Waals surface area contributed by atoms with E-state index in [-0.39, 0.29) is 24.4 Å². The molecule has 0 aliphatic carbocycles. The molecule has 3 aromatic heterocycles. The van der Waals surface area contributed by atoms with Crippen LogP contribution < -0.4 is 10.9 Å². The molecule has 0 aliphatic rings. The molecule has 0 saturated carbocycles. The van der Waals surface area contributed by atoms with Gasteiger partial charge in [0.25, 0.3) is 5.56 Å². The number of nitrogens with zero attached hydrogens (tertiary/aromatic N) is 5. The van der Waals surface area contributed by atoms with Crippen molar-refractivity contribution in [1.82, 2.24) is 24.3 Å². The second-order valence-corrected chi connectivity index (χ2v) is 6.41. The second-order valence-electron chi connectivity index (χ2n) is 5.21. The molecule has 0 spiro atoms. The first-order valence-corrected chi connectivity index (χ1v) is 7.88. The molecule has 0 fully saturated rings. The molecule has 0 saturated heterocycles. The summed E-state index contributed by atoms with van der Waals surface area (Å²) in [5, 5.41) is 7.79. The fourth-order valence-corrected chi connectivity index (χ4v) is 2.99. The van der Waals surface area contributed by atoms with Crippen LogP contribution in [-0.4, -0.2) is 30.2 Å². The van der Waals surface area contributed by atoms with E-state index in [9.17, 15) is 9.59 Å². The molecular weight excluding hydrogens is 316 g/mol. The quantitative estimate of drug-likeness (QED) is 0.775. The molecule has 0 aliphatic heterocycles. The lowest BCUT2D eigenvalue weighted by Crippen LogP contribution is -2.23. The molecule has 1 amide bonds. The van der Waals surface area contributed by atoms with Crippen LogP contribution in [0, 0.1) is 13.8 Å². The number of thiazole rings is 1.